The van der Waals surface area contributed by atoms with E-state index < -0.39 is 0 Å². The third-order valence-electron chi connectivity index (χ3n) is 3.83. The summed E-state index contributed by atoms with van der Waals surface area (Å²) in [5.41, 5.74) is 0.0398. The number of anilines is 1. The molecule has 1 atom stereocenters. The first kappa shape index (κ1) is 12.4. The number of hydrogen-bond donors (Lipinski definition) is 1. The van der Waals surface area contributed by atoms with Gasteiger partial charge < -0.3 is 14.7 Å². The number of rotatable bonds is 4. The third kappa shape index (κ3) is 2.29. The summed E-state index contributed by atoms with van der Waals surface area (Å²) in [7, 11) is 1.98. The summed E-state index contributed by atoms with van der Waals surface area (Å²) in [6.07, 6.45) is 3.35. The number of nitrogens with one attached hydrogen (secondary N) is 1. The summed E-state index contributed by atoms with van der Waals surface area (Å²) >= 11 is 0. The van der Waals surface area contributed by atoms with Crippen molar-refractivity contribution in [2.45, 2.75) is 38.5 Å². The van der Waals surface area contributed by atoms with Gasteiger partial charge in [0.1, 0.15) is 0 Å². The van der Waals surface area contributed by atoms with Crippen LogP contribution in [-0.4, -0.2) is 36.8 Å². The standard InChI is InChI=1S/C12H22N4O/c1-4-12(7-6-8-13-9-12)10-14-11(15-17-10)16(3)5-2/h13H,4-9H2,1-3H3. The number of nitrogens with zero attached hydrogens (tertiary/aromatic N) is 3. The molecule has 0 amide bonds. The highest BCUT2D eigenvalue weighted by atomic mass is 16.5. The van der Waals surface area contributed by atoms with Crippen molar-refractivity contribution in [3.8, 4) is 0 Å². The lowest BCUT2D eigenvalue weighted by molar-refractivity contribution is 0.221. The molecule has 0 bridgehead atoms. The molecule has 1 saturated heterocycles. The summed E-state index contributed by atoms with van der Waals surface area (Å²) < 4.78 is 5.48. The summed E-state index contributed by atoms with van der Waals surface area (Å²) in [5, 5.41) is 7.50. The van der Waals surface area contributed by atoms with E-state index in [0.29, 0.717) is 5.95 Å². The molecule has 2 rings (SSSR count). The molecule has 1 N–H and O–H groups in total. The normalized spacial score (nSPS) is 24.9. The molecule has 0 aliphatic carbocycles. The third-order valence-corrected chi connectivity index (χ3v) is 3.83. The van der Waals surface area contributed by atoms with Gasteiger partial charge in [0, 0.05) is 20.1 Å². The van der Waals surface area contributed by atoms with Crippen molar-refractivity contribution in [3.63, 3.8) is 0 Å². The van der Waals surface area contributed by atoms with Crippen molar-refractivity contribution in [3.05, 3.63) is 5.89 Å². The second-order valence-electron chi connectivity index (χ2n) is 4.83. The molecular formula is C12H22N4O. The molecule has 17 heavy (non-hydrogen) atoms. The molecule has 1 aliphatic rings. The van der Waals surface area contributed by atoms with Gasteiger partial charge in [0.05, 0.1) is 5.41 Å². The van der Waals surface area contributed by atoms with E-state index in [-0.39, 0.29) is 5.41 Å². The number of piperidine rings is 1. The van der Waals surface area contributed by atoms with Crippen LogP contribution in [0.15, 0.2) is 4.52 Å². The molecule has 1 aliphatic heterocycles. The van der Waals surface area contributed by atoms with Gasteiger partial charge in [0.15, 0.2) is 0 Å². The predicted octanol–water partition coefficient (Wildman–Crippen LogP) is 1.56. The van der Waals surface area contributed by atoms with Gasteiger partial charge in [-0.2, -0.15) is 4.98 Å². The molecule has 5 nitrogen and oxygen atoms in total. The summed E-state index contributed by atoms with van der Waals surface area (Å²) in [6.45, 7) is 7.20. The van der Waals surface area contributed by atoms with Crippen LogP contribution >= 0.6 is 0 Å². The Morgan fingerprint density at radius 1 is 1.47 bits per heavy atom. The van der Waals surface area contributed by atoms with E-state index in [4.69, 9.17) is 4.52 Å². The summed E-state index contributed by atoms with van der Waals surface area (Å²) in [5.74, 6) is 1.49. The van der Waals surface area contributed by atoms with E-state index >= 15 is 0 Å². The van der Waals surface area contributed by atoms with Crippen molar-refractivity contribution in [1.82, 2.24) is 15.5 Å². The minimum absolute atomic E-state index is 0.0398. The van der Waals surface area contributed by atoms with Crippen LogP contribution in [0.2, 0.25) is 0 Å². The smallest absolute Gasteiger partial charge is 0.265 e. The van der Waals surface area contributed by atoms with Crippen LogP contribution in [0.25, 0.3) is 0 Å². The average Bonchev–Trinajstić information content (AvgIpc) is 2.88. The Balaban J connectivity index is 2.22. The molecule has 1 fully saturated rings. The highest BCUT2D eigenvalue weighted by Gasteiger charge is 2.37. The van der Waals surface area contributed by atoms with E-state index in [2.05, 4.69) is 29.3 Å². The molecule has 5 heteroatoms. The molecule has 1 aromatic rings. The van der Waals surface area contributed by atoms with Gasteiger partial charge in [0.25, 0.3) is 5.95 Å². The fourth-order valence-electron chi connectivity index (χ4n) is 2.33. The van der Waals surface area contributed by atoms with E-state index in [1.165, 1.54) is 6.42 Å². The van der Waals surface area contributed by atoms with Gasteiger partial charge in [-0.25, -0.2) is 0 Å². The van der Waals surface area contributed by atoms with Gasteiger partial charge in [-0.1, -0.05) is 6.92 Å². The Morgan fingerprint density at radius 3 is 2.88 bits per heavy atom. The maximum atomic E-state index is 5.48. The van der Waals surface area contributed by atoms with Gasteiger partial charge in [-0.15, -0.1) is 0 Å². The molecule has 0 spiro atoms. The predicted molar refractivity (Wildman–Crippen MR) is 67.3 cm³/mol. The minimum Gasteiger partial charge on any atom is -0.342 e. The van der Waals surface area contributed by atoms with Crippen LogP contribution in [0.4, 0.5) is 5.95 Å². The fraction of sp³-hybridized carbons (Fsp3) is 0.833. The second kappa shape index (κ2) is 5.04. The van der Waals surface area contributed by atoms with Crippen LogP contribution in [0, 0.1) is 0 Å². The Hall–Kier alpha value is -1.10. The zero-order chi connectivity index (χ0) is 12.3. The maximum absolute atomic E-state index is 5.48. The van der Waals surface area contributed by atoms with Crippen molar-refractivity contribution >= 4 is 5.95 Å². The SMILES string of the molecule is CCN(C)c1noc(C2(CC)CCCNC2)n1. The molecule has 96 valence electrons. The first-order chi connectivity index (χ1) is 8.22. The minimum atomic E-state index is 0.0398. The van der Waals surface area contributed by atoms with Gasteiger partial charge >= 0.3 is 0 Å². The van der Waals surface area contributed by atoms with E-state index in [1.807, 2.05) is 11.9 Å². The quantitative estimate of drug-likeness (QED) is 0.862. The molecule has 1 aromatic heterocycles. The van der Waals surface area contributed by atoms with Crippen LogP contribution < -0.4 is 10.2 Å². The van der Waals surface area contributed by atoms with E-state index in [1.54, 1.807) is 0 Å². The highest BCUT2D eigenvalue weighted by molar-refractivity contribution is 5.27. The van der Waals surface area contributed by atoms with Crippen LogP contribution in [0.1, 0.15) is 39.0 Å². The van der Waals surface area contributed by atoms with Gasteiger partial charge in [-0.3, -0.25) is 0 Å². The maximum Gasteiger partial charge on any atom is 0.265 e. The van der Waals surface area contributed by atoms with Gasteiger partial charge in [0.2, 0.25) is 5.89 Å². The monoisotopic (exact) mass is 238 g/mol. The van der Waals surface area contributed by atoms with Crippen molar-refractivity contribution in [1.29, 1.82) is 0 Å². The zero-order valence-electron chi connectivity index (χ0n) is 11.0. The fourth-order valence-corrected chi connectivity index (χ4v) is 2.33. The molecule has 2 heterocycles. The lowest BCUT2D eigenvalue weighted by Crippen LogP contribution is -2.43. The zero-order valence-corrected chi connectivity index (χ0v) is 11.0. The molecule has 0 radical (unpaired) electrons. The second-order valence-corrected chi connectivity index (χ2v) is 4.83. The van der Waals surface area contributed by atoms with E-state index in [9.17, 15) is 0 Å². The average molecular weight is 238 g/mol. The highest BCUT2D eigenvalue weighted by Crippen LogP contribution is 2.33. The Labute approximate surface area is 103 Å². The van der Waals surface area contributed by atoms with Crippen LogP contribution in [0.5, 0.6) is 0 Å². The molecule has 0 saturated carbocycles. The lowest BCUT2D eigenvalue weighted by atomic mass is 9.78. The summed E-state index contributed by atoms with van der Waals surface area (Å²) in [6, 6.07) is 0. The first-order valence-corrected chi connectivity index (χ1v) is 6.48. The lowest BCUT2D eigenvalue weighted by Gasteiger charge is -2.33. The van der Waals surface area contributed by atoms with Crippen molar-refractivity contribution in [2.75, 3.05) is 31.6 Å². The van der Waals surface area contributed by atoms with Crippen molar-refractivity contribution in [2.24, 2.45) is 0 Å². The van der Waals surface area contributed by atoms with Crippen molar-refractivity contribution < 1.29 is 4.52 Å². The first-order valence-electron chi connectivity index (χ1n) is 6.48. The molecule has 1 unspecified atom stereocenters. The Kier molecular flexibility index (Phi) is 3.66. The molecule has 0 aromatic carbocycles. The van der Waals surface area contributed by atoms with Crippen LogP contribution in [0.3, 0.4) is 0 Å². The molecular weight excluding hydrogens is 216 g/mol. The Morgan fingerprint density at radius 2 is 2.29 bits per heavy atom. The largest absolute Gasteiger partial charge is 0.342 e. The van der Waals surface area contributed by atoms with Gasteiger partial charge in [-0.05, 0) is 37.9 Å². The summed E-state index contributed by atoms with van der Waals surface area (Å²) in [4.78, 5) is 6.55. The Bertz CT molecular complexity index is 357. The topological polar surface area (TPSA) is 54.2 Å². The van der Waals surface area contributed by atoms with Crippen LogP contribution in [-0.2, 0) is 5.41 Å². The number of hydrogen-bond acceptors (Lipinski definition) is 5. The van der Waals surface area contributed by atoms with E-state index in [0.717, 1.165) is 38.4 Å². The number of aromatic nitrogens is 2.